The molecule has 0 bridgehead atoms. The Morgan fingerprint density at radius 3 is 2.52 bits per heavy atom. The third kappa shape index (κ3) is 5.85. The summed E-state index contributed by atoms with van der Waals surface area (Å²) < 4.78 is 38.9. The minimum absolute atomic E-state index is 0.0204. The molecule has 1 fully saturated rings. The van der Waals surface area contributed by atoms with Crippen LogP contribution < -0.4 is 10.2 Å². The predicted molar refractivity (Wildman–Crippen MR) is 113 cm³/mol. The molecule has 3 rings (SSSR count). The van der Waals surface area contributed by atoms with E-state index in [1.165, 1.54) is 17.0 Å². The van der Waals surface area contributed by atoms with Crippen LogP contribution in [0.5, 0.6) is 0 Å². The first kappa shape index (κ1) is 22.8. The van der Waals surface area contributed by atoms with Gasteiger partial charge in [-0.05, 0) is 44.3 Å². The van der Waals surface area contributed by atoms with Crippen molar-refractivity contribution in [2.75, 3.05) is 32.1 Å². The van der Waals surface area contributed by atoms with Gasteiger partial charge in [0.25, 0.3) is 0 Å². The van der Waals surface area contributed by atoms with Crippen molar-refractivity contribution in [3.8, 4) is 0 Å². The van der Waals surface area contributed by atoms with Gasteiger partial charge in [0, 0.05) is 31.2 Å². The van der Waals surface area contributed by atoms with E-state index < -0.39 is 17.7 Å². The van der Waals surface area contributed by atoms with Gasteiger partial charge in [0.2, 0.25) is 11.8 Å². The number of anilines is 1. The molecule has 2 amide bonds. The van der Waals surface area contributed by atoms with E-state index in [4.69, 9.17) is 0 Å². The summed E-state index contributed by atoms with van der Waals surface area (Å²) in [6, 6.07) is 14.6. The Balaban J connectivity index is 1.61. The molecule has 0 saturated carbocycles. The van der Waals surface area contributed by atoms with Crippen LogP contribution in [0.4, 0.5) is 18.9 Å². The summed E-state index contributed by atoms with van der Waals surface area (Å²) in [6.45, 7) is 0.478. The standard InChI is InChI=1S/C23H26F3N3O2/c1-28(2)20(11-16-7-4-3-5-8-16)14-27-22(31)17-12-21(30)29(15-17)19-10-6-9-18(13-19)23(24,25)26/h3-10,13,17,20H,11-12,14-15H2,1-2H3,(H,27,31). The molecule has 31 heavy (non-hydrogen) atoms. The lowest BCUT2D eigenvalue weighted by Gasteiger charge is -2.25. The van der Waals surface area contributed by atoms with Crippen LogP contribution >= 0.6 is 0 Å². The highest BCUT2D eigenvalue weighted by Gasteiger charge is 2.37. The van der Waals surface area contributed by atoms with Gasteiger partial charge in [-0.2, -0.15) is 13.2 Å². The second kappa shape index (κ2) is 9.51. The van der Waals surface area contributed by atoms with Crippen molar-refractivity contribution in [2.24, 2.45) is 5.92 Å². The molecular weight excluding hydrogens is 407 g/mol. The number of benzene rings is 2. The van der Waals surface area contributed by atoms with Crippen LogP contribution in [0.1, 0.15) is 17.5 Å². The van der Waals surface area contributed by atoms with Crippen molar-refractivity contribution < 1.29 is 22.8 Å². The lowest BCUT2D eigenvalue weighted by atomic mass is 10.0. The van der Waals surface area contributed by atoms with Gasteiger partial charge >= 0.3 is 6.18 Å². The molecule has 0 spiro atoms. The minimum atomic E-state index is -4.49. The van der Waals surface area contributed by atoms with E-state index in [1.54, 1.807) is 0 Å². The van der Waals surface area contributed by atoms with E-state index in [-0.39, 0.29) is 36.5 Å². The number of carbonyl (C=O) groups excluding carboxylic acids is 2. The molecule has 5 nitrogen and oxygen atoms in total. The minimum Gasteiger partial charge on any atom is -0.354 e. The molecule has 1 N–H and O–H groups in total. The molecule has 1 saturated heterocycles. The fourth-order valence-corrected chi connectivity index (χ4v) is 3.67. The van der Waals surface area contributed by atoms with Gasteiger partial charge in [0.1, 0.15) is 0 Å². The average molecular weight is 433 g/mol. The zero-order chi connectivity index (χ0) is 22.6. The molecule has 1 aliphatic heterocycles. The van der Waals surface area contributed by atoms with Crippen LogP contribution in [-0.2, 0) is 22.2 Å². The van der Waals surface area contributed by atoms with Gasteiger partial charge in [0.05, 0.1) is 11.5 Å². The monoisotopic (exact) mass is 433 g/mol. The first-order chi connectivity index (χ1) is 14.6. The maximum atomic E-state index is 13.0. The third-order valence-corrected chi connectivity index (χ3v) is 5.54. The summed E-state index contributed by atoms with van der Waals surface area (Å²) in [4.78, 5) is 28.4. The molecule has 2 aromatic rings. The van der Waals surface area contributed by atoms with Gasteiger partial charge in [-0.1, -0.05) is 36.4 Å². The highest BCUT2D eigenvalue weighted by Crippen LogP contribution is 2.33. The molecular formula is C23H26F3N3O2. The maximum absolute atomic E-state index is 13.0. The number of likely N-dealkylation sites (N-methyl/N-ethyl adjacent to an activating group) is 1. The number of nitrogens with one attached hydrogen (secondary N) is 1. The van der Waals surface area contributed by atoms with Gasteiger partial charge in [-0.3, -0.25) is 9.59 Å². The van der Waals surface area contributed by atoms with Crippen molar-refractivity contribution in [3.05, 3.63) is 65.7 Å². The number of hydrogen-bond acceptors (Lipinski definition) is 3. The Kier molecular flexibility index (Phi) is 7.00. The fourth-order valence-electron chi connectivity index (χ4n) is 3.67. The topological polar surface area (TPSA) is 52.7 Å². The van der Waals surface area contributed by atoms with Crippen LogP contribution in [0.15, 0.2) is 54.6 Å². The Morgan fingerprint density at radius 2 is 1.87 bits per heavy atom. The van der Waals surface area contributed by atoms with E-state index >= 15 is 0 Å². The first-order valence-electron chi connectivity index (χ1n) is 10.1. The Hall–Kier alpha value is -2.87. The summed E-state index contributed by atoms with van der Waals surface area (Å²) in [5, 5.41) is 2.92. The fraction of sp³-hybridized carbons (Fsp3) is 0.391. The molecule has 0 aliphatic carbocycles. The van der Waals surface area contributed by atoms with E-state index in [9.17, 15) is 22.8 Å². The second-order valence-electron chi connectivity index (χ2n) is 8.01. The quantitative estimate of drug-likeness (QED) is 0.729. The Labute approximate surface area is 179 Å². The van der Waals surface area contributed by atoms with E-state index in [1.807, 2.05) is 49.3 Å². The zero-order valence-corrected chi connectivity index (χ0v) is 17.5. The van der Waals surface area contributed by atoms with Crippen molar-refractivity contribution in [3.63, 3.8) is 0 Å². The highest BCUT2D eigenvalue weighted by molar-refractivity contribution is 6.00. The molecule has 1 aliphatic rings. The van der Waals surface area contributed by atoms with Gasteiger partial charge in [0.15, 0.2) is 0 Å². The molecule has 1 heterocycles. The van der Waals surface area contributed by atoms with Crippen molar-refractivity contribution in [1.29, 1.82) is 0 Å². The normalized spacial score (nSPS) is 17.8. The summed E-state index contributed by atoms with van der Waals surface area (Å²) in [6.07, 6.45) is -3.75. The number of rotatable bonds is 7. The van der Waals surface area contributed by atoms with Crippen LogP contribution in [0.25, 0.3) is 0 Å². The smallest absolute Gasteiger partial charge is 0.354 e. The van der Waals surface area contributed by atoms with E-state index in [0.717, 1.165) is 24.1 Å². The Bertz CT molecular complexity index is 916. The summed E-state index contributed by atoms with van der Waals surface area (Å²) in [5.74, 6) is -1.21. The van der Waals surface area contributed by atoms with Gasteiger partial charge in [-0.25, -0.2) is 0 Å². The third-order valence-electron chi connectivity index (χ3n) is 5.54. The summed E-state index contributed by atoms with van der Waals surface area (Å²) >= 11 is 0. The van der Waals surface area contributed by atoms with Crippen molar-refractivity contribution in [1.82, 2.24) is 10.2 Å². The lowest BCUT2D eigenvalue weighted by molar-refractivity contribution is -0.137. The SMILES string of the molecule is CN(C)C(CNC(=O)C1CC(=O)N(c2cccc(C(F)(F)F)c2)C1)Cc1ccccc1. The highest BCUT2D eigenvalue weighted by atomic mass is 19.4. The Morgan fingerprint density at radius 1 is 1.16 bits per heavy atom. The molecule has 8 heteroatoms. The van der Waals surface area contributed by atoms with Crippen molar-refractivity contribution in [2.45, 2.75) is 25.1 Å². The second-order valence-corrected chi connectivity index (χ2v) is 8.01. The van der Waals surface area contributed by atoms with E-state index in [0.29, 0.717) is 6.54 Å². The van der Waals surface area contributed by atoms with Crippen LogP contribution in [0, 0.1) is 5.92 Å². The maximum Gasteiger partial charge on any atom is 0.416 e. The predicted octanol–water partition coefficient (Wildman–Crippen LogP) is 3.35. The summed E-state index contributed by atoms with van der Waals surface area (Å²) in [7, 11) is 3.88. The number of alkyl halides is 3. The number of carbonyl (C=O) groups is 2. The largest absolute Gasteiger partial charge is 0.416 e. The van der Waals surface area contributed by atoms with Crippen molar-refractivity contribution >= 4 is 17.5 Å². The van der Waals surface area contributed by atoms with Gasteiger partial charge < -0.3 is 15.1 Å². The summed E-state index contributed by atoms with van der Waals surface area (Å²) in [5.41, 5.74) is 0.494. The molecule has 2 unspecified atom stereocenters. The average Bonchev–Trinajstić information content (AvgIpc) is 3.12. The molecule has 0 radical (unpaired) electrons. The van der Waals surface area contributed by atoms with Crippen LogP contribution in [0.3, 0.4) is 0 Å². The van der Waals surface area contributed by atoms with Gasteiger partial charge in [-0.15, -0.1) is 0 Å². The first-order valence-corrected chi connectivity index (χ1v) is 10.1. The van der Waals surface area contributed by atoms with Crippen LogP contribution in [0.2, 0.25) is 0 Å². The number of amides is 2. The zero-order valence-electron chi connectivity index (χ0n) is 17.5. The molecule has 2 atom stereocenters. The number of hydrogen-bond donors (Lipinski definition) is 1. The van der Waals surface area contributed by atoms with E-state index in [2.05, 4.69) is 5.32 Å². The molecule has 2 aromatic carbocycles. The molecule has 166 valence electrons. The lowest BCUT2D eigenvalue weighted by Crippen LogP contribution is -2.43. The van der Waals surface area contributed by atoms with Crippen LogP contribution in [-0.4, -0.2) is 49.9 Å². The molecule has 0 aromatic heterocycles. The number of nitrogens with zero attached hydrogens (tertiary/aromatic N) is 2. The number of halogens is 3.